The van der Waals surface area contributed by atoms with Crippen molar-refractivity contribution in [2.24, 2.45) is 10.9 Å². The minimum Gasteiger partial charge on any atom is -0.327 e. The van der Waals surface area contributed by atoms with Crippen LogP contribution in [0.5, 0.6) is 0 Å². The molecule has 0 aromatic rings. The number of nitrogens with one attached hydrogen (secondary N) is 1. The van der Waals surface area contributed by atoms with E-state index in [1.54, 1.807) is 17.2 Å². The zero-order valence-electron chi connectivity index (χ0n) is 8.24. The topological polar surface area (TPSA) is 44.7 Å². The maximum absolute atomic E-state index is 11.7. The van der Waals surface area contributed by atoms with Gasteiger partial charge in [-0.15, -0.1) is 11.6 Å². The van der Waals surface area contributed by atoms with E-state index in [2.05, 4.69) is 16.9 Å². The molecule has 2 rings (SSSR count). The van der Waals surface area contributed by atoms with E-state index in [0.29, 0.717) is 24.7 Å². The fraction of sp³-hybridized carbons (Fsp3) is 0.400. The van der Waals surface area contributed by atoms with E-state index in [1.165, 1.54) is 0 Å². The SMILES string of the molecule is C=C1N=CC=C(N2CC(CCl)CC2=O)N1. The summed E-state index contributed by atoms with van der Waals surface area (Å²) in [4.78, 5) is 17.3. The molecule has 0 aliphatic carbocycles. The van der Waals surface area contributed by atoms with Crippen molar-refractivity contribution in [1.82, 2.24) is 10.2 Å². The van der Waals surface area contributed by atoms with Crippen molar-refractivity contribution >= 4 is 23.7 Å². The molecule has 80 valence electrons. The van der Waals surface area contributed by atoms with Crippen molar-refractivity contribution in [3.63, 3.8) is 0 Å². The van der Waals surface area contributed by atoms with Crippen molar-refractivity contribution < 1.29 is 4.79 Å². The number of allylic oxidation sites excluding steroid dienone is 1. The largest absolute Gasteiger partial charge is 0.327 e. The van der Waals surface area contributed by atoms with Crippen molar-refractivity contribution in [3.05, 3.63) is 24.3 Å². The monoisotopic (exact) mass is 225 g/mol. The molecule has 0 aromatic heterocycles. The number of amides is 1. The molecule has 1 unspecified atom stereocenters. The second-order valence-electron chi connectivity index (χ2n) is 3.63. The van der Waals surface area contributed by atoms with Gasteiger partial charge < -0.3 is 5.32 Å². The Morgan fingerprint density at radius 1 is 1.73 bits per heavy atom. The third-order valence-corrected chi connectivity index (χ3v) is 2.89. The molecule has 0 spiro atoms. The Labute approximate surface area is 93.3 Å². The fourth-order valence-electron chi connectivity index (χ4n) is 1.69. The van der Waals surface area contributed by atoms with Crippen molar-refractivity contribution in [1.29, 1.82) is 0 Å². The van der Waals surface area contributed by atoms with Crippen LogP contribution in [-0.2, 0) is 4.79 Å². The third kappa shape index (κ3) is 2.04. The molecule has 1 saturated heterocycles. The zero-order chi connectivity index (χ0) is 10.8. The lowest BCUT2D eigenvalue weighted by molar-refractivity contribution is -0.126. The van der Waals surface area contributed by atoms with Crippen LogP contribution < -0.4 is 5.32 Å². The molecule has 5 heteroatoms. The number of carbonyl (C=O) groups is 1. The Kier molecular flexibility index (Phi) is 2.77. The van der Waals surface area contributed by atoms with Gasteiger partial charge in [0, 0.05) is 25.1 Å². The summed E-state index contributed by atoms with van der Waals surface area (Å²) in [6.45, 7) is 4.36. The highest BCUT2D eigenvalue weighted by Gasteiger charge is 2.31. The van der Waals surface area contributed by atoms with Crippen molar-refractivity contribution in [3.8, 4) is 0 Å². The standard InChI is InChI=1S/C10H12ClN3O/c1-7-12-3-2-9(13-7)14-6-8(5-11)4-10(14)15/h2-3,8,13H,1,4-6H2. The molecule has 1 amide bonds. The highest BCUT2D eigenvalue weighted by atomic mass is 35.5. The van der Waals surface area contributed by atoms with Gasteiger partial charge in [-0.1, -0.05) is 6.58 Å². The Bertz CT molecular complexity index is 362. The van der Waals surface area contributed by atoms with Crippen LogP contribution >= 0.6 is 11.6 Å². The molecule has 0 bridgehead atoms. The molecule has 4 nitrogen and oxygen atoms in total. The summed E-state index contributed by atoms with van der Waals surface area (Å²) in [5.74, 6) is 2.16. The highest BCUT2D eigenvalue weighted by molar-refractivity contribution is 6.18. The molecule has 0 saturated carbocycles. The first-order valence-corrected chi connectivity index (χ1v) is 5.31. The minimum absolute atomic E-state index is 0.0995. The molecular weight excluding hydrogens is 214 g/mol. The molecular formula is C10H12ClN3O. The van der Waals surface area contributed by atoms with Gasteiger partial charge >= 0.3 is 0 Å². The number of hydrogen-bond acceptors (Lipinski definition) is 3. The van der Waals surface area contributed by atoms with E-state index in [0.717, 1.165) is 5.82 Å². The van der Waals surface area contributed by atoms with Crippen LogP contribution in [0.2, 0.25) is 0 Å². The Morgan fingerprint density at radius 2 is 2.53 bits per heavy atom. The first kappa shape index (κ1) is 10.2. The van der Waals surface area contributed by atoms with Gasteiger partial charge in [-0.2, -0.15) is 0 Å². The summed E-state index contributed by atoms with van der Waals surface area (Å²) in [5, 5.41) is 2.96. The lowest BCUT2D eigenvalue weighted by Crippen LogP contribution is -2.33. The quantitative estimate of drug-likeness (QED) is 0.715. The van der Waals surface area contributed by atoms with Gasteiger partial charge in [-0.3, -0.25) is 9.69 Å². The number of nitrogens with zero attached hydrogens (tertiary/aromatic N) is 2. The number of alkyl halides is 1. The second-order valence-corrected chi connectivity index (χ2v) is 3.94. The highest BCUT2D eigenvalue weighted by Crippen LogP contribution is 2.22. The average molecular weight is 226 g/mol. The minimum atomic E-state index is 0.0995. The summed E-state index contributed by atoms with van der Waals surface area (Å²) >= 11 is 5.74. The smallest absolute Gasteiger partial charge is 0.228 e. The molecule has 0 aromatic carbocycles. The maximum Gasteiger partial charge on any atom is 0.228 e. The maximum atomic E-state index is 11.7. The van der Waals surface area contributed by atoms with Crippen LogP contribution in [-0.4, -0.2) is 29.4 Å². The van der Waals surface area contributed by atoms with Crippen LogP contribution in [0.15, 0.2) is 29.3 Å². The van der Waals surface area contributed by atoms with E-state index in [4.69, 9.17) is 11.6 Å². The van der Waals surface area contributed by atoms with Gasteiger partial charge in [0.15, 0.2) is 0 Å². The Morgan fingerprint density at radius 3 is 3.13 bits per heavy atom. The van der Waals surface area contributed by atoms with Crippen LogP contribution in [0.4, 0.5) is 0 Å². The van der Waals surface area contributed by atoms with Crippen LogP contribution in [0, 0.1) is 5.92 Å². The van der Waals surface area contributed by atoms with Gasteiger partial charge in [0.25, 0.3) is 0 Å². The summed E-state index contributed by atoms with van der Waals surface area (Å²) < 4.78 is 0. The third-order valence-electron chi connectivity index (χ3n) is 2.45. The van der Waals surface area contributed by atoms with E-state index in [9.17, 15) is 4.79 Å². The first-order chi connectivity index (χ1) is 7.20. The van der Waals surface area contributed by atoms with Crippen molar-refractivity contribution in [2.45, 2.75) is 6.42 Å². The summed E-state index contributed by atoms with van der Waals surface area (Å²) in [7, 11) is 0. The zero-order valence-corrected chi connectivity index (χ0v) is 9.00. The van der Waals surface area contributed by atoms with E-state index < -0.39 is 0 Å². The summed E-state index contributed by atoms with van der Waals surface area (Å²) in [5.41, 5.74) is 0. The molecule has 0 radical (unpaired) electrons. The van der Waals surface area contributed by atoms with Crippen molar-refractivity contribution in [2.75, 3.05) is 12.4 Å². The molecule has 2 heterocycles. The van der Waals surface area contributed by atoms with E-state index >= 15 is 0 Å². The Balaban J connectivity index is 2.11. The van der Waals surface area contributed by atoms with Gasteiger partial charge in [0.05, 0.1) is 0 Å². The van der Waals surface area contributed by atoms with E-state index in [1.807, 2.05) is 0 Å². The number of rotatable bonds is 2. The van der Waals surface area contributed by atoms with Gasteiger partial charge in [0.1, 0.15) is 11.6 Å². The van der Waals surface area contributed by atoms with Gasteiger partial charge in [-0.25, -0.2) is 4.99 Å². The number of aliphatic imine (C=N–C) groups is 1. The van der Waals surface area contributed by atoms with Gasteiger partial charge in [-0.05, 0) is 12.0 Å². The number of carbonyl (C=O) groups excluding carboxylic acids is 1. The van der Waals surface area contributed by atoms with Crippen LogP contribution in [0.1, 0.15) is 6.42 Å². The Hall–Kier alpha value is -1.29. The van der Waals surface area contributed by atoms with Crippen LogP contribution in [0.3, 0.4) is 0 Å². The molecule has 2 aliphatic rings. The molecule has 1 N–H and O–H groups in total. The molecule has 2 aliphatic heterocycles. The summed E-state index contributed by atoms with van der Waals surface area (Å²) in [6.07, 6.45) is 3.92. The number of likely N-dealkylation sites (tertiary alicyclic amines) is 1. The number of hydrogen-bond donors (Lipinski definition) is 1. The summed E-state index contributed by atoms with van der Waals surface area (Å²) in [6, 6.07) is 0. The second kappa shape index (κ2) is 4.06. The van der Waals surface area contributed by atoms with E-state index in [-0.39, 0.29) is 11.8 Å². The van der Waals surface area contributed by atoms with Gasteiger partial charge in [0.2, 0.25) is 5.91 Å². The normalized spacial score (nSPS) is 25.5. The predicted molar refractivity (Wildman–Crippen MR) is 59.4 cm³/mol. The lowest BCUT2D eigenvalue weighted by atomic mass is 10.1. The molecule has 1 atom stereocenters. The molecule has 15 heavy (non-hydrogen) atoms. The lowest BCUT2D eigenvalue weighted by Gasteiger charge is -2.22. The predicted octanol–water partition coefficient (Wildman–Crippen LogP) is 1.06. The number of halogens is 1. The average Bonchev–Trinajstić information content (AvgIpc) is 2.60. The fourth-order valence-corrected chi connectivity index (χ4v) is 1.90. The first-order valence-electron chi connectivity index (χ1n) is 4.77. The van der Waals surface area contributed by atoms with Crippen LogP contribution in [0.25, 0.3) is 0 Å². The molecule has 1 fully saturated rings.